The number of hydrogen-bond donors (Lipinski definition) is 2. The van der Waals surface area contributed by atoms with Crippen molar-refractivity contribution in [1.82, 2.24) is 4.72 Å². The van der Waals surface area contributed by atoms with Crippen molar-refractivity contribution in [2.45, 2.75) is 43.8 Å². The lowest BCUT2D eigenvalue weighted by Gasteiger charge is -2.13. The molecule has 0 aliphatic carbocycles. The second-order valence-electron chi connectivity index (χ2n) is 5.05. The van der Waals surface area contributed by atoms with Gasteiger partial charge < -0.3 is 10.1 Å². The molecule has 2 N–H and O–H groups in total. The fraction of sp³-hybridized carbons (Fsp3) is 0.571. The van der Waals surface area contributed by atoms with E-state index >= 15 is 0 Å². The van der Waals surface area contributed by atoms with Crippen LogP contribution in [0.25, 0.3) is 0 Å². The van der Waals surface area contributed by atoms with Gasteiger partial charge in [0.1, 0.15) is 0 Å². The fourth-order valence-electron chi connectivity index (χ4n) is 2.29. The number of anilines is 1. The first-order chi connectivity index (χ1) is 9.51. The minimum absolute atomic E-state index is 0.246. The Balaban J connectivity index is 1.92. The second-order valence-corrected chi connectivity index (χ2v) is 6.82. The molecule has 2 atom stereocenters. The number of sulfonamides is 1. The standard InChI is InChI=1S/C14H22N2O3S/c1-3-16-20(17,18)14-8-5-12(6-9-14)15-10-13-7-4-11(2)19-13/h5-6,8-9,11,13,15-16H,3-4,7,10H2,1-2H3. The summed E-state index contributed by atoms with van der Waals surface area (Å²) in [5.74, 6) is 0. The van der Waals surface area contributed by atoms with Gasteiger partial charge in [0.05, 0.1) is 17.1 Å². The smallest absolute Gasteiger partial charge is 0.240 e. The Labute approximate surface area is 120 Å². The average molecular weight is 298 g/mol. The first-order valence-electron chi connectivity index (χ1n) is 7.00. The van der Waals surface area contributed by atoms with Crippen molar-refractivity contribution in [3.8, 4) is 0 Å². The Morgan fingerprint density at radius 1 is 1.25 bits per heavy atom. The van der Waals surface area contributed by atoms with E-state index in [9.17, 15) is 8.42 Å². The molecule has 6 heteroatoms. The van der Waals surface area contributed by atoms with E-state index in [2.05, 4.69) is 17.0 Å². The summed E-state index contributed by atoms with van der Waals surface area (Å²) in [5, 5.41) is 3.28. The van der Waals surface area contributed by atoms with Crippen molar-refractivity contribution in [2.75, 3.05) is 18.4 Å². The summed E-state index contributed by atoms with van der Waals surface area (Å²) in [7, 11) is -3.37. The van der Waals surface area contributed by atoms with Crippen LogP contribution in [0.3, 0.4) is 0 Å². The lowest BCUT2D eigenvalue weighted by Crippen LogP contribution is -2.23. The van der Waals surface area contributed by atoms with E-state index in [1.165, 1.54) is 0 Å². The molecule has 1 saturated heterocycles. The van der Waals surface area contributed by atoms with Crippen molar-refractivity contribution < 1.29 is 13.2 Å². The Morgan fingerprint density at radius 2 is 1.95 bits per heavy atom. The van der Waals surface area contributed by atoms with E-state index in [1.54, 1.807) is 31.2 Å². The molecule has 2 unspecified atom stereocenters. The monoisotopic (exact) mass is 298 g/mol. The third kappa shape index (κ3) is 3.94. The van der Waals surface area contributed by atoms with Gasteiger partial charge in [0.2, 0.25) is 10.0 Å². The minimum Gasteiger partial charge on any atom is -0.382 e. The van der Waals surface area contributed by atoms with Crippen molar-refractivity contribution in [3.05, 3.63) is 24.3 Å². The predicted molar refractivity (Wildman–Crippen MR) is 79.4 cm³/mol. The summed E-state index contributed by atoms with van der Waals surface area (Å²) >= 11 is 0. The molecule has 0 saturated carbocycles. The Hall–Kier alpha value is -1.11. The minimum atomic E-state index is -3.37. The van der Waals surface area contributed by atoms with Crippen LogP contribution in [0.4, 0.5) is 5.69 Å². The summed E-state index contributed by atoms with van der Waals surface area (Å²) in [6, 6.07) is 6.78. The van der Waals surface area contributed by atoms with Crippen molar-refractivity contribution >= 4 is 15.7 Å². The first kappa shape index (κ1) is 15.3. The Kier molecular flexibility index (Phi) is 5.01. The third-order valence-electron chi connectivity index (χ3n) is 3.35. The molecule has 0 amide bonds. The maximum Gasteiger partial charge on any atom is 0.240 e. The van der Waals surface area contributed by atoms with E-state index in [0.29, 0.717) is 12.6 Å². The van der Waals surface area contributed by atoms with E-state index < -0.39 is 10.0 Å². The molecule has 1 fully saturated rings. The summed E-state index contributed by atoms with van der Waals surface area (Å²) in [5.41, 5.74) is 0.906. The van der Waals surface area contributed by atoms with Crippen molar-refractivity contribution in [3.63, 3.8) is 0 Å². The maximum absolute atomic E-state index is 11.8. The summed E-state index contributed by atoms with van der Waals surface area (Å²) < 4.78 is 31.8. The van der Waals surface area contributed by atoms with Gasteiger partial charge in [-0.05, 0) is 44.0 Å². The summed E-state index contributed by atoms with van der Waals surface area (Å²) in [4.78, 5) is 0.288. The van der Waals surface area contributed by atoms with Crippen molar-refractivity contribution in [2.24, 2.45) is 0 Å². The van der Waals surface area contributed by atoms with Crippen LogP contribution < -0.4 is 10.0 Å². The fourth-order valence-corrected chi connectivity index (χ4v) is 3.33. The molecule has 1 aliphatic rings. The number of nitrogens with one attached hydrogen (secondary N) is 2. The van der Waals surface area contributed by atoms with E-state index in [0.717, 1.165) is 25.1 Å². The van der Waals surface area contributed by atoms with Crippen LogP contribution in [0.2, 0.25) is 0 Å². The zero-order valence-electron chi connectivity index (χ0n) is 11.9. The van der Waals surface area contributed by atoms with Crippen LogP contribution in [0, 0.1) is 0 Å². The number of hydrogen-bond acceptors (Lipinski definition) is 4. The van der Waals surface area contributed by atoms with E-state index in [-0.39, 0.29) is 11.0 Å². The quantitative estimate of drug-likeness (QED) is 0.842. The first-order valence-corrected chi connectivity index (χ1v) is 8.48. The van der Waals surface area contributed by atoms with Crippen LogP contribution in [0.15, 0.2) is 29.2 Å². The van der Waals surface area contributed by atoms with E-state index in [4.69, 9.17) is 4.74 Å². The molecule has 1 aromatic carbocycles. The van der Waals surface area contributed by atoms with Crippen LogP contribution in [-0.4, -0.2) is 33.7 Å². The van der Waals surface area contributed by atoms with Gasteiger partial charge in [0, 0.05) is 18.8 Å². The molecule has 0 radical (unpaired) electrons. The normalized spacial score (nSPS) is 22.9. The largest absolute Gasteiger partial charge is 0.382 e. The molecule has 112 valence electrons. The highest BCUT2D eigenvalue weighted by Gasteiger charge is 2.21. The molecule has 1 heterocycles. The Morgan fingerprint density at radius 3 is 2.50 bits per heavy atom. The molecular formula is C14H22N2O3S. The van der Waals surface area contributed by atoms with Crippen LogP contribution in [0.1, 0.15) is 26.7 Å². The molecule has 0 spiro atoms. The van der Waals surface area contributed by atoms with Gasteiger partial charge in [0.25, 0.3) is 0 Å². The van der Waals surface area contributed by atoms with Crippen LogP contribution in [-0.2, 0) is 14.8 Å². The van der Waals surface area contributed by atoms with Gasteiger partial charge in [-0.15, -0.1) is 0 Å². The van der Waals surface area contributed by atoms with Crippen molar-refractivity contribution in [1.29, 1.82) is 0 Å². The highest BCUT2D eigenvalue weighted by molar-refractivity contribution is 7.89. The van der Waals surface area contributed by atoms with Crippen LogP contribution in [0.5, 0.6) is 0 Å². The zero-order valence-corrected chi connectivity index (χ0v) is 12.7. The highest BCUT2D eigenvalue weighted by atomic mass is 32.2. The average Bonchev–Trinajstić information content (AvgIpc) is 2.83. The highest BCUT2D eigenvalue weighted by Crippen LogP contribution is 2.20. The van der Waals surface area contributed by atoms with Gasteiger partial charge >= 0.3 is 0 Å². The Bertz CT molecular complexity index is 528. The number of ether oxygens (including phenoxy) is 1. The van der Waals surface area contributed by atoms with Gasteiger partial charge in [-0.2, -0.15) is 0 Å². The van der Waals surface area contributed by atoms with Gasteiger partial charge in [0.15, 0.2) is 0 Å². The molecular weight excluding hydrogens is 276 g/mol. The second kappa shape index (κ2) is 6.56. The molecule has 0 bridgehead atoms. The molecule has 5 nitrogen and oxygen atoms in total. The van der Waals surface area contributed by atoms with Gasteiger partial charge in [-0.25, -0.2) is 13.1 Å². The maximum atomic E-state index is 11.8. The van der Waals surface area contributed by atoms with Crippen LogP contribution >= 0.6 is 0 Å². The molecule has 1 aromatic rings. The summed E-state index contributed by atoms with van der Waals surface area (Å²) in [6.45, 7) is 4.99. The SMILES string of the molecule is CCNS(=O)(=O)c1ccc(NCC2CCC(C)O2)cc1. The lowest BCUT2D eigenvalue weighted by atomic mass is 10.2. The zero-order chi connectivity index (χ0) is 14.6. The number of rotatable bonds is 6. The van der Waals surface area contributed by atoms with E-state index in [1.807, 2.05) is 0 Å². The molecule has 2 rings (SSSR count). The molecule has 1 aliphatic heterocycles. The number of benzene rings is 1. The molecule has 0 aromatic heterocycles. The lowest BCUT2D eigenvalue weighted by molar-refractivity contribution is 0.0637. The predicted octanol–water partition coefficient (Wildman–Crippen LogP) is 1.96. The third-order valence-corrected chi connectivity index (χ3v) is 4.91. The molecule has 20 heavy (non-hydrogen) atoms. The summed E-state index contributed by atoms with van der Waals surface area (Å²) in [6.07, 6.45) is 2.76. The van der Waals surface area contributed by atoms with Gasteiger partial charge in [-0.1, -0.05) is 6.92 Å². The van der Waals surface area contributed by atoms with Gasteiger partial charge in [-0.3, -0.25) is 0 Å². The topological polar surface area (TPSA) is 67.4 Å².